The molecule has 1 aromatic rings. The molecule has 0 aliphatic heterocycles. The van der Waals surface area contributed by atoms with E-state index in [1.165, 1.54) is 25.1 Å². The molecular formula is C11H10FNO2. The van der Waals surface area contributed by atoms with Crippen molar-refractivity contribution in [1.82, 2.24) is 0 Å². The van der Waals surface area contributed by atoms with Crippen LogP contribution < -0.4 is 0 Å². The zero-order valence-corrected chi connectivity index (χ0v) is 8.41. The summed E-state index contributed by atoms with van der Waals surface area (Å²) in [5.41, 5.74) is -1.78. The zero-order valence-electron chi connectivity index (χ0n) is 8.41. The van der Waals surface area contributed by atoms with E-state index in [0.717, 1.165) is 6.92 Å². The third-order valence-corrected chi connectivity index (χ3v) is 2.36. The second kappa shape index (κ2) is 3.70. The van der Waals surface area contributed by atoms with E-state index in [1.54, 1.807) is 0 Å². The van der Waals surface area contributed by atoms with Crippen LogP contribution in [0.2, 0.25) is 0 Å². The summed E-state index contributed by atoms with van der Waals surface area (Å²) in [5.74, 6) is -1.55. The standard InChI is InChI=1S/C11H10FNO2/c1-7-8(6-13)4-3-5-9(7)11(2,12)10(14)15/h3-5H,1-2H3,(H,14,15). The lowest BCUT2D eigenvalue weighted by Crippen LogP contribution is -2.28. The van der Waals surface area contributed by atoms with Crippen molar-refractivity contribution in [3.05, 3.63) is 34.9 Å². The lowest BCUT2D eigenvalue weighted by Gasteiger charge is -2.18. The SMILES string of the molecule is Cc1c(C#N)cccc1C(C)(F)C(=O)O. The first-order valence-electron chi connectivity index (χ1n) is 4.33. The molecule has 15 heavy (non-hydrogen) atoms. The Morgan fingerprint density at radius 1 is 1.60 bits per heavy atom. The molecule has 0 radical (unpaired) electrons. The van der Waals surface area contributed by atoms with Gasteiger partial charge in [-0.15, -0.1) is 0 Å². The van der Waals surface area contributed by atoms with Crippen LogP contribution in [0.3, 0.4) is 0 Å². The van der Waals surface area contributed by atoms with Crippen LogP contribution in [0.4, 0.5) is 4.39 Å². The van der Waals surface area contributed by atoms with Gasteiger partial charge in [0.2, 0.25) is 5.67 Å². The Labute approximate surface area is 86.8 Å². The third kappa shape index (κ3) is 1.82. The Hall–Kier alpha value is -1.89. The molecule has 78 valence electrons. The number of carboxylic acid groups (broad SMARTS) is 1. The number of halogens is 1. The van der Waals surface area contributed by atoms with Gasteiger partial charge in [-0.2, -0.15) is 5.26 Å². The van der Waals surface area contributed by atoms with Crippen molar-refractivity contribution in [1.29, 1.82) is 5.26 Å². The van der Waals surface area contributed by atoms with E-state index < -0.39 is 11.6 Å². The maximum atomic E-state index is 13.8. The summed E-state index contributed by atoms with van der Waals surface area (Å²) in [6.07, 6.45) is 0. The molecule has 1 atom stereocenters. The Morgan fingerprint density at radius 2 is 2.20 bits per heavy atom. The van der Waals surface area contributed by atoms with Gasteiger partial charge in [-0.05, 0) is 25.5 Å². The summed E-state index contributed by atoms with van der Waals surface area (Å²) in [4.78, 5) is 10.7. The number of hydrogen-bond acceptors (Lipinski definition) is 2. The first kappa shape index (κ1) is 11.2. The van der Waals surface area contributed by atoms with Crippen LogP contribution >= 0.6 is 0 Å². The van der Waals surface area contributed by atoms with Gasteiger partial charge >= 0.3 is 5.97 Å². The number of aliphatic carboxylic acids is 1. The minimum absolute atomic E-state index is 0.0223. The molecule has 0 spiro atoms. The molecule has 3 nitrogen and oxygen atoms in total. The molecule has 0 aromatic heterocycles. The van der Waals surface area contributed by atoms with E-state index in [4.69, 9.17) is 10.4 Å². The number of nitrogens with zero attached hydrogens (tertiary/aromatic N) is 1. The average molecular weight is 207 g/mol. The molecule has 1 aromatic carbocycles. The van der Waals surface area contributed by atoms with Gasteiger partial charge in [0.25, 0.3) is 0 Å². The van der Waals surface area contributed by atoms with Gasteiger partial charge in [0.15, 0.2) is 0 Å². The predicted molar refractivity (Wildman–Crippen MR) is 52.0 cm³/mol. The van der Waals surface area contributed by atoms with E-state index in [2.05, 4.69) is 0 Å². The van der Waals surface area contributed by atoms with Crippen molar-refractivity contribution in [2.45, 2.75) is 19.5 Å². The monoisotopic (exact) mass is 207 g/mol. The van der Waals surface area contributed by atoms with Crippen LogP contribution in [0.15, 0.2) is 18.2 Å². The topological polar surface area (TPSA) is 61.1 Å². The molecule has 1 N–H and O–H groups in total. The molecule has 0 aliphatic rings. The van der Waals surface area contributed by atoms with Crippen LogP contribution in [-0.2, 0) is 10.5 Å². The van der Waals surface area contributed by atoms with Gasteiger partial charge in [-0.25, -0.2) is 9.18 Å². The highest BCUT2D eigenvalue weighted by molar-refractivity contribution is 5.79. The molecule has 4 heteroatoms. The van der Waals surface area contributed by atoms with Crippen LogP contribution in [0, 0.1) is 18.3 Å². The molecular weight excluding hydrogens is 197 g/mol. The highest BCUT2D eigenvalue weighted by Crippen LogP contribution is 2.29. The van der Waals surface area contributed by atoms with E-state index in [-0.39, 0.29) is 11.1 Å². The first-order valence-corrected chi connectivity index (χ1v) is 4.33. The quantitative estimate of drug-likeness (QED) is 0.808. The molecule has 0 aliphatic carbocycles. The van der Waals surface area contributed by atoms with Crippen molar-refractivity contribution in [2.24, 2.45) is 0 Å². The third-order valence-electron chi connectivity index (χ3n) is 2.36. The average Bonchev–Trinajstić information content (AvgIpc) is 2.17. The summed E-state index contributed by atoms with van der Waals surface area (Å²) in [6, 6.07) is 6.26. The fraction of sp³-hybridized carbons (Fsp3) is 0.273. The largest absolute Gasteiger partial charge is 0.479 e. The van der Waals surface area contributed by atoms with Crippen LogP contribution in [0.1, 0.15) is 23.6 Å². The van der Waals surface area contributed by atoms with E-state index in [9.17, 15) is 9.18 Å². The lowest BCUT2D eigenvalue weighted by atomic mass is 9.91. The van der Waals surface area contributed by atoms with Crippen LogP contribution in [0.5, 0.6) is 0 Å². The molecule has 0 heterocycles. The van der Waals surface area contributed by atoms with Gasteiger partial charge in [-0.3, -0.25) is 0 Å². The molecule has 0 saturated carbocycles. The number of nitriles is 1. The van der Waals surface area contributed by atoms with Gasteiger partial charge in [0.05, 0.1) is 11.6 Å². The number of hydrogen-bond donors (Lipinski definition) is 1. The summed E-state index contributed by atoms with van der Waals surface area (Å²) < 4.78 is 13.8. The predicted octanol–water partition coefficient (Wildman–Crippen LogP) is 2.14. The number of carbonyl (C=O) groups is 1. The molecule has 0 fully saturated rings. The summed E-state index contributed by atoms with van der Waals surface area (Å²) in [5, 5.41) is 17.5. The second-order valence-electron chi connectivity index (χ2n) is 3.40. The van der Waals surface area contributed by atoms with Crippen molar-refractivity contribution in [3.63, 3.8) is 0 Å². The fourth-order valence-corrected chi connectivity index (χ4v) is 1.38. The highest BCUT2D eigenvalue weighted by Gasteiger charge is 2.36. The number of alkyl halides is 1. The Bertz CT molecular complexity index is 446. The Morgan fingerprint density at radius 3 is 2.67 bits per heavy atom. The molecule has 0 amide bonds. The van der Waals surface area contributed by atoms with Crippen LogP contribution in [-0.4, -0.2) is 11.1 Å². The maximum Gasteiger partial charge on any atom is 0.345 e. The minimum atomic E-state index is -2.46. The number of carboxylic acids is 1. The van der Waals surface area contributed by atoms with Crippen molar-refractivity contribution in [3.8, 4) is 6.07 Å². The van der Waals surface area contributed by atoms with Crippen molar-refractivity contribution in [2.75, 3.05) is 0 Å². The van der Waals surface area contributed by atoms with Gasteiger partial charge < -0.3 is 5.11 Å². The maximum absolute atomic E-state index is 13.8. The molecule has 0 saturated heterocycles. The van der Waals surface area contributed by atoms with E-state index in [0.29, 0.717) is 5.56 Å². The zero-order chi connectivity index (χ0) is 11.6. The number of benzene rings is 1. The first-order chi connectivity index (χ1) is 6.91. The highest BCUT2D eigenvalue weighted by atomic mass is 19.1. The van der Waals surface area contributed by atoms with Gasteiger partial charge in [0.1, 0.15) is 0 Å². The lowest BCUT2D eigenvalue weighted by molar-refractivity contribution is -0.150. The van der Waals surface area contributed by atoms with Crippen molar-refractivity contribution >= 4 is 5.97 Å². The smallest absolute Gasteiger partial charge is 0.345 e. The van der Waals surface area contributed by atoms with Crippen molar-refractivity contribution < 1.29 is 14.3 Å². The molecule has 1 unspecified atom stereocenters. The van der Waals surface area contributed by atoms with E-state index >= 15 is 0 Å². The Kier molecular flexibility index (Phi) is 2.76. The normalized spacial score (nSPS) is 14.0. The second-order valence-corrected chi connectivity index (χ2v) is 3.40. The number of rotatable bonds is 2. The molecule has 0 bridgehead atoms. The van der Waals surface area contributed by atoms with Gasteiger partial charge in [0, 0.05) is 5.56 Å². The van der Waals surface area contributed by atoms with Gasteiger partial charge in [-0.1, -0.05) is 12.1 Å². The van der Waals surface area contributed by atoms with Crippen LogP contribution in [0.25, 0.3) is 0 Å². The summed E-state index contributed by atoms with van der Waals surface area (Å²) >= 11 is 0. The Balaban J connectivity index is 3.40. The summed E-state index contributed by atoms with van der Waals surface area (Å²) in [6.45, 7) is 2.51. The fourth-order valence-electron chi connectivity index (χ4n) is 1.38. The minimum Gasteiger partial charge on any atom is -0.479 e. The van der Waals surface area contributed by atoms with E-state index in [1.807, 2.05) is 6.07 Å². The summed E-state index contributed by atoms with van der Waals surface area (Å²) in [7, 11) is 0. The molecule has 1 rings (SSSR count).